The van der Waals surface area contributed by atoms with Crippen LogP contribution in [0.3, 0.4) is 0 Å². The Hall–Kier alpha value is -2.21. The third-order valence-corrected chi connectivity index (χ3v) is 8.54. The number of hydrogen-bond acceptors (Lipinski definition) is 6. The standard InChI is InChI=1S/C25H29F3N6OS.2ClH/c1-25-6-9-34(22-18(27)12-17(26)13-19(22)28)20(25)14-33(15-25)7-4-10-36-24-30-29-23(32(24)3)16-5-8-31(2)21(35)11-16;;/h5,8,11-13,20H,4,6-7,9-10,14-15H2,1-3H3;2*1H/t20-,25+;;/m1../s1. The molecule has 0 radical (unpaired) electrons. The average molecular weight is 592 g/mol. The molecule has 2 atom stereocenters. The summed E-state index contributed by atoms with van der Waals surface area (Å²) in [7, 11) is 3.59. The number of halogens is 5. The van der Waals surface area contributed by atoms with E-state index in [1.54, 1.807) is 36.0 Å². The Labute approximate surface area is 236 Å². The van der Waals surface area contributed by atoms with E-state index in [0.717, 1.165) is 54.5 Å². The van der Waals surface area contributed by atoms with Gasteiger partial charge in [-0.15, -0.1) is 35.0 Å². The Morgan fingerprint density at radius 2 is 1.82 bits per heavy atom. The van der Waals surface area contributed by atoms with Gasteiger partial charge in [0, 0.05) is 80.9 Å². The Morgan fingerprint density at radius 3 is 2.50 bits per heavy atom. The van der Waals surface area contributed by atoms with Crippen molar-refractivity contribution in [1.82, 2.24) is 24.2 Å². The molecule has 0 aliphatic carbocycles. The quantitative estimate of drug-likeness (QED) is 0.298. The second-order valence-corrected chi connectivity index (χ2v) is 11.1. The van der Waals surface area contributed by atoms with Crippen LogP contribution in [0.4, 0.5) is 18.9 Å². The first-order chi connectivity index (χ1) is 17.2. The van der Waals surface area contributed by atoms with Gasteiger partial charge in [0.05, 0.1) is 0 Å². The first-order valence-electron chi connectivity index (χ1n) is 12.0. The topological polar surface area (TPSA) is 59.2 Å². The lowest BCUT2D eigenvalue weighted by Crippen LogP contribution is -2.39. The summed E-state index contributed by atoms with van der Waals surface area (Å²) in [6, 6.07) is 4.90. The minimum absolute atomic E-state index is 0. The normalized spacial score (nSPS) is 20.8. The highest BCUT2D eigenvalue weighted by molar-refractivity contribution is 7.99. The van der Waals surface area contributed by atoms with Gasteiger partial charge in [0.25, 0.3) is 5.56 Å². The molecule has 2 fully saturated rings. The van der Waals surface area contributed by atoms with Gasteiger partial charge in [0.1, 0.15) is 11.5 Å². The molecular weight excluding hydrogens is 560 g/mol. The molecule has 38 heavy (non-hydrogen) atoms. The maximum atomic E-state index is 14.5. The van der Waals surface area contributed by atoms with Crippen molar-refractivity contribution in [2.24, 2.45) is 19.5 Å². The zero-order chi connectivity index (χ0) is 25.6. The van der Waals surface area contributed by atoms with Crippen molar-refractivity contribution in [2.75, 3.05) is 36.8 Å². The molecule has 13 heteroatoms. The van der Waals surface area contributed by atoms with Crippen LogP contribution in [-0.4, -0.2) is 62.2 Å². The molecule has 2 aromatic heterocycles. The van der Waals surface area contributed by atoms with E-state index < -0.39 is 17.5 Å². The van der Waals surface area contributed by atoms with E-state index in [1.807, 2.05) is 17.7 Å². The zero-order valence-corrected chi connectivity index (χ0v) is 23.8. The summed E-state index contributed by atoms with van der Waals surface area (Å²) in [5.41, 5.74) is 0.454. The predicted octanol–water partition coefficient (Wildman–Crippen LogP) is 4.52. The highest BCUT2D eigenvalue weighted by atomic mass is 35.5. The molecule has 0 saturated carbocycles. The molecule has 4 heterocycles. The summed E-state index contributed by atoms with van der Waals surface area (Å²) in [6.07, 6.45) is 3.47. The summed E-state index contributed by atoms with van der Waals surface area (Å²) in [4.78, 5) is 16.1. The van der Waals surface area contributed by atoms with Gasteiger partial charge in [0.15, 0.2) is 22.6 Å². The molecule has 0 N–H and O–H groups in total. The van der Waals surface area contributed by atoms with E-state index in [4.69, 9.17) is 0 Å². The fraction of sp³-hybridized carbons (Fsp3) is 0.480. The average Bonchev–Trinajstić information content (AvgIpc) is 3.44. The van der Waals surface area contributed by atoms with E-state index in [1.165, 1.54) is 4.57 Å². The number of aryl methyl sites for hydroxylation is 1. The van der Waals surface area contributed by atoms with Crippen LogP contribution in [0, 0.1) is 22.9 Å². The van der Waals surface area contributed by atoms with Crippen LogP contribution in [0.2, 0.25) is 0 Å². The van der Waals surface area contributed by atoms with E-state index in [2.05, 4.69) is 22.0 Å². The SMILES string of the molecule is Cl.Cl.Cn1c(SCCCN2C[C@H]3N(c4c(F)cc(F)cc4F)CC[C@@]3(C)C2)nnc1-c1ccn(C)c(=O)c1. The molecule has 2 aliphatic heterocycles. The monoisotopic (exact) mass is 590 g/mol. The number of rotatable bonds is 7. The second kappa shape index (κ2) is 11.9. The van der Waals surface area contributed by atoms with Crippen LogP contribution in [0.1, 0.15) is 19.8 Å². The number of likely N-dealkylation sites (tertiary alicyclic amines) is 1. The summed E-state index contributed by atoms with van der Waals surface area (Å²) in [5, 5.41) is 9.33. The van der Waals surface area contributed by atoms with Gasteiger partial charge in [-0.2, -0.15) is 0 Å². The number of fused-ring (bicyclic) bond motifs is 1. The Balaban J connectivity index is 0.00000200. The van der Waals surface area contributed by atoms with Gasteiger partial charge < -0.3 is 18.9 Å². The van der Waals surface area contributed by atoms with E-state index in [-0.39, 0.29) is 47.5 Å². The number of anilines is 1. The van der Waals surface area contributed by atoms with Crippen LogP contribution in [-0.2, 0) is 14.1 Å². The number of hydrogen-bond donors (Lipinski definition) is 0. The number of pyridine rings is 1. The molecule has 0 bridgehead atoms. The Morgan fingerprint density at radius 1 is 1.11 bits per heavy atom. The molecule has 3 aromatic rings. The molecule has 1 aromatic carbocycles. The Kier molecular flexibility index (Phi) is 9.49. The molecule has 2 aliphatic rings. The molecule has 0 amide bonds. The fourth-order valence-corrected chi connectivity index (χ4v) is 6.31. The number of benzene rings is 1. The maximum absolute atomic E-state index is 14.5. The summed E-state index contributed by atoms with van der Waals surface area (Å²) in [6.45, 7) is 5.17. The minimum atomic E-state index is -0.899. The minimum Gasteiger partial charge on any atom is -0.362 e. The zero-order valence-electron chi connectivity index (χ0n) is 21.4. The Bertz CT molecular complexity index is 1330. The van der Waals surface area contributed by atoms with Crippen LogP contribution >= 0.6 is 36.6 Å². The third kappa shape index (κ3) is 5.71. The van der Waals surface area contributed by atoms with Gasteiger partial charge >= 0.3 is 0 Å². The van der Waals surface area contributed by atoms with Crippen molar-refractivity contribution in [2.45, 2.75) is 31.0 Å². The van der Waals surface area contributed by atoms with Gasteiger partial charge in [-0.05, 0) is 25.5 Å². The number of aromatic nitrogens is 4. The third-order valence-electron chi connectivity index (χ3n) is 7.44. The summed E-state index contributed by atoms with van der Waals surface area (Å²) < 4.78 is 45.7. The summed E-state index contributed by atoms with van der Waals surface area (Å²) in [5.74, 6) is -1.10. The first-order valence-corrected chi connectivity index (χ1v) is 13.0. The molecule has 2 saturated heterocycles. The molecule has 0 spiro atoms. The summed E-state index contributed by atoms with van der Waals surface area (Å²) >= 11 is 1.61. The van der Waals surface area contributed by atoms with Crippen LogP contribution in [0.15, 0.2) is 40.4 Å². The highest BCUT2D eigenvalue weighted by Crippen LogP contribution is 2.45. The van der Waals surface area contributed by atoms with Crippen molar-refractivity contribution in [3.63, 3.8) is 0 Å². The molecule has 5 rings (SSSR count). The van der Waals surface area contributed by atoms with E-state index in [9.17, 15) is 18.0 Å². The molecule has 208 valence electrons. The highest BCUT2D eigenvalue weighted by Gasteiger charge is 2.51. The van der Waals surface area contributed by atoms with Crippen LogP contribution < -0.4 is 10.5 Å². The number of nitrogens with zero attached hydrogens (tertiary/aromatic N) is 6. The smallest absolute Gasteiger partial charge is 0.250 e. The van der Waals surface area contributed by atoms with Gasteiger partial charge in [-0.1, -0.05) is 18.7 Å². The van der Waals surface area contributed by atoms with Crippen LogP contribution in [0.25, 0.3) is 11.4 Å². The van der Waals surface area contributed by atoms with Crippen molar-refractivity contribution in [1.29, 1.82) is 0 Å². The van der Waals surface area contributed by atoms with E-state index in [0.29, 0.717) is 18.9 Å². The second-order valence-electron chi connectivity index (χ2n) is 10.00. The molecular formula is C25H31Cl2F3N6OS. The van der Waals surface area contributed by atoms with Crippen molar-refractivity contribution in [3.05, 3.63) is 58.3 Å². The van der Waals surface area contributed by atoms with Crippen LogP contribution in [0.5, 0.6) is 0 Å². The molecule has 0 unspecified atom stereocenters. The predicted molar refractivity (Wildman–Crippen MR) is 148 cm³/mol. The lowest BCUT2D eigenvalue weighted by molar-refractivity contribution is 0.276. The maximum Gasteiger partial charge on any atom is 0.250 e. The van der Waals surface area contributed by atoms with Crippen molar-refractivity contribution < 1.29 is 13.2 Å². The van der Waals surface area contributed by atoms with Crippen molar-refractivity contribution >= 4 is 42.3 Å². The van der Waals surface area contributed by atoms with Gasteiger partial charge in [-0.3, -0.25) is 4.79 Å². The fourth-order valence-electron chi connectivity index (χ4n) is 5.48. The van der Waals surface area contributed by atoms with Gasteiger partial charge in [0.2, 0.25) is 0 Å². The molecule has 7 nitrogen and oxygen atoms in total. The lowest BCUT2D eigenvalue weighted by atomic mass is 9.85. The lowest BCUT2D eigenvalue weighted by Gasteiger charge is -2.30. The largest absolute Gasteiger partial charge is 0.362 e. The number of thioether (sulfide) groups is 1. The van der Waals surface area contributed by atoms with Gasteiger partial charge in [-0.25, -0.2) is 13.2 Å². The van der Waals surface area contributed by atoms with E-state index >= 15 is 0 Å². The first kappa shape index (κ1) is 30.3. The van der Waals surface area contributed by atoms with Crippen molar-refractivity contribution in [3.8, 4) is 11.4 Å².